The molecule has 4 nitrogen and oxygen atoms in total. The minimum atomic E-state index is -0.353. The van der Waals surface area contributed by atoms with Gasteiger partial charge in [-0.15, -0.1) is 0 Å². The summed E-state index contributed by atoms with van der Waals surface area (Å²) >= 11 is 1.86. The predicted octanol–water partition coefficient (Wildman–Crippen LogP) is 3.20. The number of nitrogens with zero attached hydrogens (tertiary/aromatic N) is 1. The summed E-state index contributed by atoms with van der Waals surface area (Å²) in [5.41, 5.74) is 0.851. The van der Waals surface area contributed by atoms with Gasteiger partial charge < -0.3 is 15.4 Å². The van der Waals surface area contributed by atoms with Crippen LogP contribution in [0.1, 0.15) is 31.4 Å². The fraction of sp³-hybridized carbons (Fsp3) is 0.562. The molecule has 0 bridgehead atoms. The number of benzene rings is 1. The van der Waals surface area contributed by atoms with Gasteiger partial charge in [-0.2, -0.15) is 11.8 Å². The van der Waals surface area contributed by atoms with Gasteiger partial charge in [0.15, 0.2) is 17.5 Å². The lowest BCUT2D eigenvalue weighted by atomic mass is 10.1. The van der Waals surface area contributed by atoms with Crippen molar-refractivity contribution < 1.29 is 9.13 Å². The van der Waals surface area contributed by atoms with Crippen molar-refractivity contribution in [2.24, 2.45) is 4.99 Å². The Labute approximate surface area is 136 Å². The van der Waals surface area contributed by atoms with Crippen molar-refractivity contribution >= 4 is 17.7 Å². The standard InChI is InChI=1S/C16H26FN3OS/c1-12(13-7-8-15(21-3)14(17)11-13)20-16(18-2)19-9-5-6-10-22-4/h7-8,11-12H,5-6,9-10H2,1-4H3,(H2,18,19,20). The van der Waals surface area contributed by atoms with E-state index < -0.39 is 0 Å². The van der Waals surface area contributed by atoms with Gasteiger partial charge in [0.2, 0.25) is 0 Å². The molecule has 1 aromatic rings. The number of aliphatic imine (C=N–C) groups is 1. The van der Waals surface area contributed by atoms with Gasteiger partial charge in [-0.1, -0.05) is 6.07 Å². The van der Waals surface area contributed by atoms with E-state index in [-0.39, 0.29) is 17.6 Å². The van der Waals surface area contributed by atoms with E-state index in [1.165, 1.54) is 25.3 Å². The smallest absolute Gasteiger partial charge is 0.191 e. The lowest BCUT2D eigenvalue weighted by Crippen LogP contribution is -2.39. The first kappa shape index (κ1) is 18.6. The summed E-state index contributed by atoms with van der Waals surface area (Å²) in [6.45, 7) is 2.85. The van der Waals surface area contributed by atoms with Crippen LogP contribution in [0.4, 0.5) is 4.39 Å². The predicted molar refractivity (Wildman–Crippen MR) is 93.5 cm³/mol. The van der Waals surface area contributed by atoms with E-state index in [0.29, 0.717) is 0 Å². The number of unbranched alkanes of at least 4 members (excludes halogenated alkanes) is 1. The van der Waals surface area contributed by atoms with Gasteiger partial charge >= 0.3 is 0 Å². The second kappa shape index (κ2) is 10.3. The minimum Gasteiger partial charge on any atom is -0.494 e. The average Bonchev–Trinajstić information content (AvgIpc) is 2.53. The molecule has 0 fully saturated rings. The number of ether oxygens (including phenoxy) is 1. The van der Waals surface area contributed by atoms with E-state index in [4.69, 9.17) is 4.74 Å². The van der Waals surface area contributed by atoms with Crippen molar-refractivity contribution in [2.45, 2.75) is 25.8 Å². The van der Waals surface area contributed by atoms with Gasteiger partial charge in [0.05, 0.1) is 13.2 Å². The van der Waals surface area contributed by atoms with E-state index in [9.17, 15) is 4.39 Å². The summed E-state index contributed by atoms with van der Waals surface area (Å²) in [7, 11) is 3.20. The van der Waals surface area contributed by atoms with Crippen molar-refractivity contribution in [3.63, 3.8) is 0 Å². The molecule has 0 aliphatic carbocycles. The van der Waals surface area contributed by atoms with Crippen LogP contribution < -0.4 is 15.4 Å². The molecule has 0 saturated carbocycles. The first-order chi connectivity index (χ1) is 10.6. The quantitative estimate of drug-likeness (QED) is 0.437. The van der Waals surface area contributed by atoms with Crippen LogP contribution in [-0.4, -0.2) is 38.7 Å². The van der Waals surface area contributed by atoms with Crippen molar-refractivity contribution in [1.82, 2.24) is 10.6 Å². The van der Waals surface area contributed by atoms with Crippen LogP contribution in [0, 0.1) is 5.82 Å². The summed E-state index contributed by atoms with van der Waals surface area (Å²) < 4.78 is 18.7. The lowest BCUT2D eigenvalue weighted by Gasteiger charge is -2.18. The highest BCUT2D eigenvalue weighted by Crippen LogP contribution is 2.21. The minimum absolute atomic E-state index is 0.0437. The van der Waals surface area contributed by atoms with E-state index in [0.717, 1.165) is 24.5 Å². The Kier molecular flexibility index (Phi) is 8.74. The van der Waals surface area contributed by atoms with E-state index in [1.807, 2.05) is 24.8 Å². The maximum atomic E-state index is 13.8. The highest BCUT2D eigenvalue weighted by molar-refractivity contribution is 7.98. The molecule has 22 heavy (non-hydrogen) atoms. The van der Waals surface area contributed by atoms with Crippen molar-refractivity contribution in [2.75, 3.05) is 32.7 Å². The molecule has 0 amide bonds. The molecule has 1 unspecified atom stereocenters. The fourth-order valence-corrected chi connectivity index (χ4v) is 2.51. The number of halogens is 1. The van der Waals surface area contributed by atoms with Gasteiger partial charge in [0, 0.05) is 13.6 Å². The number of thioether (sulfide) groups is 1. The summed E-state index contributed by atoms with van der Waals surface area (Å²) in [4.78, 5) is 4.20. The zero-order valence-corrected chi connectivity index (χ0v) is 14.6. The SMILES string of the molecule is CN=C(NCCCCSC)NC(C)c1ccc(OC)c(F)c1. The average molecular weight is 327 g/mol. The molecule has 1 aromatic carbocycles. The molecule has 0 radical (unpaired) electrons. The van der Waals surface area contributed by atoms with E-state index in [2.05, 4.69) is 21.9 Å². The first-order valence-corrected chi connectivity index (χ1v) is 8.81. The van der Waals surface area contributed by atoms with Crippen LogP contribution in [0.2, 0.25) is 0 Å². The molecule has 0 aromatic heterocycles. The second-order valence-corrected chi connectivity index (χ2v) is 5.94. The number of nitrogens with one attached hydrogen (secondary N) is 2. The third-order valence-corrected chi connectivity index (χ3v) is 4.02. The Hall–Kier alpha value is -1.43. The van der Waals surface area contributed by atoms with Crippen LogP contribution in [0.15, 0.2) is 23.2 Å². The third-order valence-electron chi connectivity index (χ3n) is 3.32. The maximum absolute atomic E-state index is 13.8. The number of rotatable bonds is 8. The Bertz CT molecular complexity index is 482. The second-order valence-electron chi connectivity index (χ2n) is 4.96. The number of methoxy groups -OCH3 is 1. The van der Waals surface area contributed by atoms with Crippen LogP contribution >= 0.6 is 11.8 Å². The van der Waals surface area contributed by atoms with Crippen LogP contribution in [0.25, 0.3) is 0 Å². The van der Waals surface area contributed by atoms with E-state index >= 15 is 0 Å². The molecular formula is C16H26FN3OS. The monoisotopic (exact) mass is 327 g/mol. The topological polar surface area (TPSA) is 45.7 Å². The first-order valence-electron chi connectivity index (χ1n) is 7.42. The molecular weight excluding hydrogens is 301 g/mol. The number of guanidine groups is 1. The van der Waals surface area contributed by atoms with Crippen molar-refractivity contribution in [3.05, 3.63) is 29.6 Å². The largest absolute Gasteiger partial charge is 0.494 e. The molecule has 0 saturated heterocycles. The molecule has 2 N–H and O–H groups in total. The van der Waals surface area contributed by atoms with Crippen LogP contribution in [-0.2, 0) is 0 Å². The highest BCUT2D eigenvalue weighted by Gasteiger charge is 2.11. The highest BCUT2D eigenvalue weighted by atomic mass is 32.2. The van der Waals surface area contributed by atoms with Gasteiger partial charge in [0.25, 0.3) is 0 Å². The Morgan fingerprint density at radius 2 is 2.18 bits per heavy atom. The summed E-state index contributed by atoms with van der Waals surface area (Å²) in [5, 5.41) is 6.54. The summed E-state index contributed by atoms with van der Waals surface area (Å²) in [5.74, 6) is 1.81. The molecule has 124 valence electrons. The number of hydrogen-bond donors (Lipinski definition) is 2. The summed E-state index contributed by atoms with van der Waals surface area (Å²) in [6.07, 6.45) is 4.40. The molecule has 6 heteroatoms. The zero-order chi connectivity index (χ0) is 16.4. The molecule has 0 aliphatic rings. The fourth-order valence-electron chi connectivity index (χ4n) is 2.01. The van der Waals surface area contributed by atoms with Gasteiger partial charge in [-0.3, -0.25) is 4.99 Å². The maximum Gasteiger partial charge on any atom is 0.191 e. The van der Waals surface area contributed by atoms with Crippen molar-refractivity contribution in [3.8, 4) is 5.75 Å². The van der Waals surface area contributed by atoms with Gasteiger partial charge in [-0.25, -0.2) is 4.39 Å². The third kappa shape index (κ3) is 6.13. The summed E-state index contributed by atoms with van der Waals surface area (Å²) in [6, 6.07) is 4.94. The normalized spacial score (nSPS) is 12.9. The molecule has 1 atom stereocenters. The van der Waals surface area contributed by atoms with Crippen LogP contribution in [0.3, 0.4) is 0 Å². The van der Waals surface area contributed by atoms with Crippen molar-refractivity contribution in [1.29, 1.82) is 0 Å². The van der Waals surface area contributed by atoms with Crippen LogP contribution in [0.5, 0.6) is 5.75 Å². The lowest BCUT2D eigenvalue weighted by molar-refractivity contribution is 0.386. The Morgan fingerprint density at radius 1 is 1.41 bits per heavy atom. The van der Waals surface area contributed by atoms with E-state index in [1.54, 1.807) is 13.1 Å². The Morgan fingerprint density at radius 3 is 2.77 bits per heavy atom. The molecule has 0 heterocycles. The van der Waals surface area contributed by atoms with Gasteiger partial charge in [0.1, 0.15) is 0 Å². The molecule has 0 aliphatic heterocycles. The molecule has 0 spiro atoms. The number of hydrogen-bond acceptors (Lipinski definition) is 3. The zero-order valence-electron chi connectivity index (χ0n) is 13.8. The van der Waals surface area contributed by atoms with Gasteiger partial charge in [-0.05, 0) is 49.5 Å². The molecule has 1 rings (SSSR count). The Balaban J connectivity index is 2.51.